The van der Waals surface area contributed by atoms with Crippen molar-refractivity contribution >= 4 is 5.91 Å². The number of carbonyl (C=O) groups excluding carboxylic acids is 1. The summed E-state index contributed by atoms with van der Waals surface area (Å²) >= 11 is 0. The smallest absolute Gasteiger partial charge is 0.232 e. The predicted molar refractivity (Wildman–Crippen MR) is 79.6 cm³/mol. The summed E-state index contributed by atoms with van der Waals surface area (Å²) in [6.07, 6.45) is 5.50. The van der Waals surface area contributed by atoms with Crippen molar-refractivity contribution < 1.29 is 9.53 Å². The summed E-state index contributed by atoms with van der Waals surface area (Å²) in [5.41, 5.74) is 0.893. The number of ether oxygens (including phenoxy) is 1. The zero-order chi connectivity index (χ0) is 14.9. The number of pyridine rings is 1. The molecule has 2 aliphatic heterocycles. The number of nitrogens with zero attached hydrogens (tertiary/aromatic N) is 3. The lowest BCUT2D eigenvalue weighted by Gasteiger charge is -2.43. The Hall–Kier alpha value is -1.46. The van der Waals surface area contributed by atoms with Gasteiger partial charge in [-0.05, 0) is 30.5 Å². The molecule has 0 aliphatic carbocycles. The van der Waals surface area contributed by atoms with E-state index in [2.05, 4.69) is 9.88 Å². The molecule has 114 valence electrons. The Balaban J connectivity index is 1.77. The second kappa shape index (κ2) is 5.73. The van der Waals surface area contributed by atoms with Crippen LogP contribution in [0.25, 0.3) is 0 Å². The summed E-state index contributed by atoms with van der Waals surface area (Å²) < 4.78 is 5.85. The molecule has 0 N–H and O–H groups in total. The lowest BCUT2D eigenvalue weighted by atomic mass is 9.75. The van der Waals surface area contributed by atoms with Crippen LogP contribution in [-0.2, 0) is 16.1 Å². The summed E-state index contributed by atoms with van der Waals surface area (Å²) in [5, 5.41) is 0. The Labute approximate surface area is 125 Å². The number of aromatic nitrogens is 1. The number of likely N-dealkylation sites (tertiary alicyclic amines) is 1. The van der Waals surface area contributed by atoms with Gasteiger partial charge < -0.3 is 9.64 Å². The van der Waals surface area contributed by atoms with Gasteiger partial charge >= 0.3 is 0 Å². The summed E-state index contributed by atoms with van der Waals surface area (Å²) in [4.78, 5) is 20.9. The molecular weight excluding hydrogens is 266 g/mol. The highest BCUT2D eigenvalue weighted by Gasteiger charge is 2.53. The molecule has 3 heterocycles. The molecule has 0 radical (unpaired) electrons. The molecular formula is C16H23N3O2. The second-order valence-corrected chi connectivity index (χ2v) is 6.32. The molecule has 0 saturated carbocycles. The van der Waals surface area contributed by atoms with Gasteiger partial charge in [0.05, 0.1) is 11.5 Å². The molecule has 1 aromatic heterocycles. The summed E-state index contributed by atoms with van der Waals surface area (Å²) in [6.45, 7) is 3.34. The molecule has 0 spiro atoms. The first-order chi connectivity index (χ1) is 10.1. The van der Waals surface area contributed by atoms with Crippen LogP contribution >= 0.6 is 0 Å². The quantitative estimate of drug-likeness (QED) is 0.837. The highest BCUT2D eigenvalue weighted by atomic mass is 16.5. The Morgan fingerprint density at radius 1 is 1.48 bits per heavy atom. The van der Waals surface area contributed by atoms with E-state index in [1.54, 1.807) is 4.90 Å². The van der Waals surface area contributed by atoms with E-state index < -0.39 is 0 Å². The predicted octanol–water partition coefficient (Wildman–Crippen LogP) is 1.15. The summed E-state index contributed by atoms with van der Waals surface area (Å²) in [5.74, 6) is 0.212. The third-order valence-electron chi connectivity index (χ3n) is 4.68. The Kier molecular flexibility index (Phi) is 3.95. The van der Waals surface area contributed by atoms with Crippen molar-refractivity contribution in [2.45, 2.75) is 25.5 Å². The van der Waals surface area contributed by atoms with Gasteiger partial charge in [-0.1, -0.05) is 0 Å². The molecule has 2 saturated heterocycles. The van der Waals surface area contributed by atoms with Crippen LogP contribution in [0.4, 0.5) is 0 Å². The van der Waals surface area contributed by atoms with Crippen molar-refractivity contribution in [2.75, 3.05) is 33.8 Å². The van der Waals surface area contributed by atoms with Crippen LogP contribution in [-0.4, -0.2) is 60.6 Å². The maximum Gasteiger partial charge on any atom is 0.232 e. The zero-order valence-corrected chi connectivity index (χ0v) is 12.8. The van der Waals surface area contributed by atoms with Gasteiger partial charge in [-0.2, -0.15) is 0 Å². The van der Waals surface area contributed by atoms with Crippen LogP contribution in [0.5, 0.6) is 0 Å². The van der Waals surface area contributed by atoms with E-state index in [9.17, 15) is 4.79 Å². The van der Waals surface area contributed by atoms with Crippen molar-refractivity contribution in [2.24, 2.45) is 5.41 Å². The van der Waals surface area contributed by atoms with Crippen LogP contribution in [0.2, 0.25) is 0 Å². The Bertz CT molecular complexity index is 506. The fourth-order valence-corrected chi connectivity index (χ4v) is 3.66. The molecule has 5 heteroatoms. The maximum atomic E-state index is 12.7. The minimum Gasteiger partial charge on any atom is -0.377 e. The summed E-state index contributed by atoms with van der Waals surface area (Å²) in [7, 11) is 3.68. The van der Waals surface area contributed by atoms with Gasteiger partial charge in [0.1, 0.15) is 0 Å². The third-order valence-corrected chi connectivity index (χ3v) is 4.68. The Morgan fingerprint density at radius 2 is 2.24 bits per heavy atom. The number of piperidine rings is 1. The van der Waals surface area contributed by atoms with Gasteiger partial charge in [0.15, 0.2) is 0 Å². The van der Waals surface area contributed by atoms with Gasteiger partial charge in [0.2, 0.25) is 5.91 Å². The first-order valence-electron chi connectivity index (χ1n) is 7.56. The van der Waals surface area contributed by atoms with Crippen LogP contribution in [0.15, 0.2) is 24.5 Å². The molecule has 21 heavy (non-hydrogen) atoms. The van der Waals surface area contributed by atoms with E-state index in [0.717, 1.165) is 32.5 Å². The Morgan fingerprint density at radius 3 is 2.95 bits per heavy atom. The van der Waals surface area contributed by atoms with Gasteiger partial charge in [-0.15, -0.1) is 0 Å². The third kappa shape index (κ3) is 2.68. The van der Waals surface area contributed by atoms with E-state index in [1.807, 2.05) is 38.6 Å². The molecule has 1 aromatic rings. The van der Waals surface area contributed by atoms with E-state index in [4.69, 9.17) is 4.74 Å². The average Bonchev–Trinajstić information content (AvgIpc) is 2.91. The van der Waals surface area contributed by atoms with Gasteiger partial charge in [-0.25, -0.2) is 0 Å². The molecule has 0 aromatic carbocycles. The van der Waals surface area contributed by atoms with E-state index in [0.29, 0.717) is 6.61 Å². The average molecular weight is 289 g/mol. The zero-order valence-electron chi connectivity index (χ0n) is 12.8. The number of amides is 1. The standard InChI is InChI=1S/C16H23N3O2/c1-18(2)15(20)16-6-10-21-14(16)5-9-19(12-16)11-13-3-7-17-8-4-13/h3-4,7-8,14H,5-6,9-12H2,1-2H3/t14-,16-/m1/s1. The highest BCUT2D eigenvalue weighted by Crippen LogP contribution is 2.42. The lowest BCUT2D eigenvalue weighted by Crippen LogP contribution is -2.56. The normalized spacial score (nSPS) is 29.1. The molecule has 2 fully saturated rings. The molecule has 0 bridgehead atoms. The van der Waals surface area contributed by atoms with Crippen molar-refractivity contribution in [3.05, 3.63) is 30.1 Å². The van der Waals surface area contributed by atoms with Crippen molar-refractivity contribution in [1.82, 2.24) is 14.8 Å². The fraction of sp³-hybridized carbons (Fsp3) is 0.625. The van der Waals surface area contributed by atoms with Gasteiger partial charge in [-0.3, -0.25) is 14.7 Å². The summed E-state index contributed by atoms with van der Waals surface area (Å²) in [6, 6.07) is 4.08. The van der Waals surface area contributed by atoms with Crippen molar-refractivity contribution in [3.63, 3.8) is 0 Å². The van der Waals surface area contributed by atoms with Crippen molar-refractivity contribution in [1.29, 1.82) is 0 Å². The van der Waals surface area contributed by atoms with Gasteiger partial charge in [0.25, 0.3) is 0 Å². The van der Waals surface area contributed by atoms with E-state index in [1.165, 1.54) is 5.56 Å². The van der Waals surface area contributed by atoms with Crippen LogP contribution < -0.4 is 0 Å². The first-order valence-corrected chi connectivity index (χ1v) is 7.56. The molecule has 5 nitrogen and oxygen atoms in total. The second-order valence-electron chi connectivity index (χ2n) is 6.32. The monoisotopic (exact) mass is 289 g/mol. The maximum absolute atomic E-state index is 12.7. The molecule has 2 aliphatic rings. The number of fused-ring (bicyclic) bond motifs is 1. The SMILES string of the molecule is CN(C)C(=O)[C@@]12CCO[C@@H]1CCN(Cc1ccncc1)C2. The van der Waals surface area contributed by atoms with E-state index >= 15 is 0 Å². The van der Waals surface area contributed by atoms with Crippen LogP contribution in [0.1, 0.15) is 18.4 Å². The molecule has 1 amide bonds. The van der Waals surface area contributed by atoms with Crippen LogP contribution in [0, 0.1) is 5.41 Å². The number of hydrogen-bond acceptors (Lipinski definition) is 4. The number of rotatable bonds is 3. The van der Waals surface area contributed by atoms with Gasteiger partial charge in [0, 0.05) is 52.7 Å². The minimum atomic E-state index is -0.352. The highest BCUT2D eigenvalue weighted by molar-refractivity contribution is 5.83. The number of hydrogen-bond donors (Lipinski definition) is 0. The minimum absolute atomic E-state index is 0.0843. The topological polar surface area (TPSA) is 45.7 Å². The van der Waals surface area contributed by atoms with Crippen molar-refractivity contribution in [3.8, 4) is 0 Å². The molecule has 2 atom stereocenters. The molecule has 0 unspecified atom stereocenters. The first kappa shape index (κ1) is 14.5. The molecule has 3 rings (SSSR count). The van der Waals surface area contributed by atoms with Crippen LogP contribution in [0.3, 0.4) is 0 Å². The lowest BCUT2D eigenvalue weighted by molar-refractivity contribution is -0.148. The largest absolute Gasteiger partial charge is 0.377 e. The fourth-order valence-electron chi connectivity index (χ4n) is 3.66. The number of carbonyl (C=O) groups is 1. The van der Waals surface area contributed by atoms with E-state index in [-0.39, 0.29) is 17.4 Å².